The number of hydrogen-bond acceptors (Lipinski definition) is 4. The second-order valence-electron chi connectivity index (χ2n) is 6.01. The molecule has 0 saturated carbocycles. The zero-order valence-electron chi connectivity index (χ0n) is 15.1. The minimum absolute atomic E-state index is 0.0985. The lowest BCUT2D eigenvalue weighted by molar-refractivity contribution is -0.143. The first kappa shape index (κ1) is 20.9. The van der Waals surface area contributed by atoms with E-state index < -0.39 is 41.0 Å². The van der Waals surface area contributed by atoms with Gasteiger partial charge in [-0.3, -0.25) is 9.59 Å². The average molecular weight is 425 g/mol. The standard InChI is InChI=1S/C18H12F5N5O2/c1-9(29)24-14-8-11(5-6-13(14)20)25-17(30)15-16(18(21,22)23)28(27-26-15)12-4-2-3-10(19)7-12/h2-8H,1H3,(H,24,29)(H,25,30). The third-order valence-corrected chi connectivity index (χ3v) is 3.74. The molecule has 0 atom stereocenters. The highest BCUT2D eigenvalue weighted by Gasteiger charge is 2.42. The number of alkyl halides is 3. The maximum absolute atomic E-state index is 13.7. The Hall–Kier alpha value is -3.83. The fourth-order valence-corrected chi connectivity index (χ4v) is 2.56. The van der Waals surface area contributed by atoms with Gasteiger partial charge in [0.1, 0.15) is 11.6 Å². The van der Waals surface area contributed by atoms with E-state index in [1.807, 2.05) is 0 Å². The van der Waals surface area contributed by atoms with E-state index in [1.165, 1.54) is 6.07 Å². The quantitative estimate of drug-likeness (QED) is 0.623. The van der Waals surface area contributed by atoms with Crippen molar-refractivity contribution < 1.29 is 31.5 Å². The van der Waals surface area contributed by atoms with Crippen molar-refractivity contribution in [3.8, 4) is 5.69 Å². The zero-order valence-corrected chi connectivity index (χ0v) is 15.1. The highest BCUT2D eigenvalue weighted by Crippen LogP contribution is 2.33. The lowest BCUT2D eigenvalue weighted by Crippen LogP contribution is -2.21. The molecule has 12 heteroatoms. The van der Waals surface area contributed by atoms with Crippen molar-refractivity contribution >= 4 is 23.2 Å². The van der Waals surface area contributed by atoms with Gasteiger partial charge in [0.25, 0.3) is 5.91 Å². The molecule has 0 unspecified atom stereocenters. The van der Waals surface area contributed by atoms with Crippen LogP contribution in [0.1, 0.15) is 23.1 Å². The number of nitrogens with one attached hydrogen (secondary N) is 2. The summed E-state index contributed by atoms with van der Waals surface area (Å²) >= 11 is 0. The van der Waals surface area contributed by atoms with Crippen LogP contribution in [0.15, 0.2) is 42.5 Å². The number of carbonyl (C=O) groups is 2. The molecule has 2 aromatic carbocycles. The van der Waals surface area contributed by atoms with Crippen LogP contribution in [0.2, 0.25) is 0 Å². The second-order valence-corrected chi connectivity index (χ2v) is 6.01. The van der Waals surface area contributed by atoms with E-state index in [0.717, 1.165) is 43.3 Å². The van der Waals surface area contributed by atoms with Crippen LogP contribution in [0.3, 0.4) is 0 Å². The molecule has 3 aromatic rings. The van der Waals surface area contributed by atoms with Gasteiger partial charge in [0.05, 0.1) is 11.4 Å². The first-order chi connectivity index (χ1) is 14.1. The van der Waals surface area contributed by atoms with E-state index in [0.29, 0.717) is 4.68 Å². The highest BCUT2D eigenvalue weighted by molar-refractivity contribution is 6.04. The number of carbonyl (C=O) groups excluding carboxylic acids is 2. The van der Waals surface area contributed by atoms with Gasteiger partial charge in [0.2, 0.25) is 5.91 Å². The second kappa shape index (κ2) is 7.89. The third-order valence-electron chi connectivity index (χ3n) is 3.74. The van der Waals surface area contributed by atoms with Crippen LogP contribution in [0.4, 0.5) is 33.3 Å². The van der Waals surface area contributed by atoms with E-state index in [1.54, 1.807) is 0 Å². The zero-order chi connectivity index (χ0) is 22.1. The minimum Gasteiger partial charge on any atom is -0.324 e. The average Bonchev–Trinajstić information content (AvgIpc) is 3.10. The summed E-state index contributed by atoms with van der Waals surface area (Å²) in [6.07, 6.45) is -5.05. The number of aromatic nitrogens is 3. The molecule has 0 saturated heterocycles. The normalized spacial score (nSPS) is 11.3. The summed E-state index contributed by atoms with van der Waals surface area (Å²) in [6.45, 7) is 1.13. The van der Waals surface area contributed by atoms with Crippen LogP contribution in [0.5, 0.6) is 0 Å². The molecule has 1 heterocycles. The number of benzene rings is 2. The summed E-state index contributed by atoms with van der Waals surface area (Å²) in [5.41, 5.74) is -3.26. The molecule has 0 radical (unpaired) electrons. The topological polar surface area (TPSA) is 88.9 Å². The Morgan fingerprint density at radius 1 is 1.03 bits per heavy atom. The van der Waals surface area contributed by atoms with E-state index in [2.05, 4.69) is 20.9 Å². The fraction of sp³-hybridized carbons (Fsp3) is 0.111. The number of amides is 2. The summed E-state index contributed by atoms with van der Waals surface area (Å²) in [6, 6.07) is 7.19. The van der Waals surface area contributed by atoms with Crippen molar-refractivity contribution in [1.82, 2.24) is 15.0 Å². The van der Waals surface area contributed by atoms with Crippen LogP contribution < -0.4 is 10.6 Å². The van der Waals surface area contributed by atoms with E-state index >= 15 is 0 Å². The molecule has 0 aliphatic rings. The largest absolute Gasteiger partial charge is 0.435 e. The van der Waals surface area contributed by atoms with Gasteiger partial charge in [0.15, 0.2) is 11.4 Å². The Balaban J connectivity index is 1.98. The number of nitrogens with zero attached hydrogens (tertiary/aromatic N) is 3. The van der Waals surface area contributed by atoms with Crippen molar-refractivity contribution in [2.45, 2.75) is 13.1 Å². The molecule has 7 nitrogen and oxygen atoms in total. The predicted molar refractivity (Wildman–Crippen MR) is 95.0 cm³/mol. The van der Waals surface area contributed by atoms with Crippen molar-refractivity contribution in [2.24, 2.45) is 0 Å². The SMILES string of the molecule is CC(=O)Nc1cc(NC(=O)c2nnn(-c3cccc(F)c3)c2C(F)(F)F)ccc1F. The van der Waals surface area contributed by atoms with Crippen LogP contribution in [-0.2, 0) is 11.0 Å². The first-order valence-electron chi connectivity index (χ1n) is 8.23. The molecule has 156 valence electrons. The minimum atomic E-state index is -5.05. The van der Waals surface area contributed by atoms with Crippen molar-refractivity contribution in [3.05, 3.63) is 65.5 Å². The monoisotopic (exact) mass is 425 g/mol. The predicted octanol–water partition coefficient (Wildman–Crippen LogP) is 3.78. The van der Waals surface area contributed by atoms with Crippen LogP contribution in [-0.4, -0.2) is 26.8 Å². The van der Waals surface area contributed by atoms with Gasteiger partial charge in [-0.05, 0) is 36.4 Å². The molecule has 3 rings (SSSR count). The molecular formula is C18H12F5N5O2. The lowest BCUT2D eigenvalue weighted by Gasteiger charge is -2.12. The van der Waals surface area contributed by atoms with Gasteiger partial charge in [0, 0.05) is 12.6 Å². The van der Waals surface area contributed by atoms with E-state index in [4.69, 9.17) is 0 Å². The van der Waals surface area contributed by atoms with E-state index in [9.17, 15) is 31.5 Å². The van der Waals surface area contributed by atoms with Crippen LogP contribution >= 0.6 is 0 Å². The van der Waals surface area contributed by atoms with Crippen molar-refractivity contribution in [2.75, 3.05) is 10.6 Å². The summed E-state index contributed by atoms with van der Waals surface area (Å²) < 4.78 is 68.3. The van der Waals surface area contributed by atoms with Gasteiger partial charge < -0.3 is 10.6 Å². The molecule has 0 aliphatic carbocycles. The Kier molecular flexibility index (Phi) is 5.49. The molecule has 0 bridgehead atoms. The molecule has 0 aliphatic heterocycles. The van der Waals surface area contributed by atoms with Crippen molar-refractivity contribution in [1.29, 1.82) is 0 Å². The maximum atomic E-state index is 13.7. The van der Waals surface area contributed by atoms with Gasteiger partial charge in [-0.1, -0.05) is 11.3 Å². The summed E-state index contributed by atoms with van der Waals surface area (Å²) in [7, 11) is 0. The van der Waals surface area contributed by atoms with E-state index in [-0.39, 0.29) is 17.1 Å². The van der Waals surface area contributed by atoms with Gasteiger partial charge in [-0.25, -0.2) is 13.5 Å². The van der Waals surface area contributed by atoms with Crippen LogP contribution in [0.25, 0.3) is 5.69 Å². The molecule has 0 spiro atoms. The number of halogens is 5. The van der Waals surface area contributed by atoms with Gasteiger partial charge in [-0.15, -0.1) is 5.10 Å². The molecule has 1 aromatic heterocycles. The van der Waals surface area contributed by atoms with Crippen LogP contribution in [0, 0.1) is 11.6 Å². The number of anilines is 2. The maximum Gasteiger partial charge on any atom is 0.435 e. The Morgan fingerprint density at radius 2 is 1.77 bits per heavy atom. The Morgan fingerprint density at radius 3 is 2.40 bits per heavy atom. The molecule has 30 heavy (non-hydrogen) atoms. The molecule has 0 fully saturated rings. The Bertz CT molecular complexity index is 1130. The summed E-state index contributed by atoms with van der Waals surface area (Å²) in [4.78, 5) is 23.5. The third kappa shape index (κ3) is 4.42. The van der Waals surface area contributed by atoms with Crippen molar-refractivity contribution in [3.63, 3.8) is 0 Å². The summed E-state index contributed by atoms with van der Waals surface area (Å²) in [5, 5.41) is 10.9. The first-order valence-corrected chi connectivity index (χ1v) is 8.23. The fourth-order valence-electron chi connectivity index (χ4n) is 2.56. The van der Waals surface area contributed by atoms with Gasteiger partial charge in [-0.2, -0.15) is 13.2 Å². The molecule has 2 N–H and O–H groups in total. The number of hydrogen-bond donors (Lipinski definition) is 2. The lowest BCUT2D eigenvalue weighted by atomic mass is 10.2. The molecule has 2 amide bonds. The highest BCUT2D eigenvalue weighted by atomic mass is 19.4. The molecular weight excluding hydrogens is 413 g/mol. The van der Waals surface area contributed by atoms with Gasteiger partial charge >= 0.3 is 6.18 Å². The number of rotatable bonds is 4. The Labute approximate surface area is 165 Å². The summed E-state index contributed by atoms with van der Waals surface area (Å²) in [5.74, 6) is -3.49. The smallest absolute Gasteiger partial charge is 0.324 e.